The van der Waals surface area contributed by atoms with E-state index in [2.05, 4.69) is 21.7 Å². The Kier molecular flexibility index (Phi) is 5.31. The SMILES string of the molecule is COC(=O)C[C@@H]1COc2cc(N[C@@H]3COc4c(Nc5cc(C)ccn5)cccc43)ccc21. The van der Waals surface area contributed by atoms with Gasteiger partial charge in [-0.3, -0.25) is 4.79 Å². The molecule has 0 radical (unpaired) electrons. The van der Waals surface area contributed by atoms with E-state index in [-0.39, 0.29) is 17.9 Å². The van der Waals surface area contributed by atoms with Gasteiger partial charge >= 0.3 is 5.97 Å². The lowest BCUT2D eigenvalue weighted by atomic mass is 9.97. The average molecular weight is 431 g/mol. The molecule has 2 atom stereocenters. The van der Waals surface area contributed by atoms with Crippen LogP contribution in [-0.2, 0) is 9.53 Å². The summed E-state index contributed by atoms with van der Waals surface area (Å²) in [5.74, 6) is 2.24. The van der Waals surface area contributed by atoms with Crippen LogP contribution >= 0.6 is 0 Å². The second kappa shape index (κ2) is 8.42. The van der Waals surface area contributed by atoms with E-state index in [4.69, 9.17) is 14.2 Å². The van der Waals surface area contributed by atoms with Crippen LogP contribution in [0.25, 0.3) is 0 Å². The van der Waals surface area contributed by atoms with Gasteiger partial charge in [0.15, 0.2) is 0 Å². The van der Waals surface area contributed by atoms with Gasteiger partial charge < -0.3 is 24.8 Å². The van der Waals surface area contributed by atoms with E-state index in [0.717, 1.165) is 45.4 Å². The van der Waals surface area contributed by atoms with Crippen molar-refractivity contribution in [2.75, 3.05) is 31.0 Å². The van der Waals surface area contributed by atoms with Crippen LogP contribution in [0.4, 0.5) is 17.2 Å². The Morgan fingerprint density at radius 1 is 1.12 bits per heavy atom. The molecular weight excluding hydrogens is 406 g/mol. The van der Waals surface area contributed by atoms with E-state index in [9.17, 15) is 4.79 Å². The summed E-state index contributed by atoms with van der Waals surface area (Å²) in [7, 11) is 1.41. The van der Waals surface area contributed by atoms with Crippen molar-refractivity contribution in [3.8, 4) is 11.5 Å². The fourth-order valence-electron chi connectivity index (χ4n) is 4.23. The van der Waals surface area contributed by atoms with E-state index in [1.165, 1.54) is 7.11 Å². The summed E-state index contributed by atoms with van der Waals surface area (Å²) in [6, 6.07) is 16.1. The number of aromatic nitrogens is 1. The Bertz CT molecular complexity index is 1160. The van der Waals surface area contributed by atoms with E-state index in [0.29, 0.717) is 19.6 Å². The highest BCUT2D eigenvalue weighted by molar-refractivity contribution is 5.72. The Morgan fingerprint density at radius 3 is 2.88 bits per heavy atom. The molecule has 0 amide bonds. The summed E-state index contributed by atoms with van der Waals surface area (Å²) in [5, 5.41) is 6.92. The molecule has 3 aromatic rings. The van der Waals surface area contributed by atoms with Crippen molar-refractivity contribution in [1.29, 1.82) is 0 Å². The van der Waals surface area contributed by atoms with Gasteiger partial charge in [0.2, 0.25) is 0 Å². The molecule has 0 bridgehead atoms. The first-order valence-electron chi connectivity index (χ1n) is 10.7. The molecule has 0 saturated heterocycles. The van der Waals surface area contributed by atoms with E-state index in [1.54, 1.807) is 6.20 Å². The number of carbonyl (C=O) groups excluding carboxylic acids is 1. The number of anilines is 3. The van der Waals surface area contributed by atoms with Crippen molar-refractivity contribution in [2.24, 2.45) is 0 Å². The topological polar surface area (TPSA) is 81.7 Å². The Hall–Kier alpha value is -3.74. The summed E-state index contributed by atoms with van der Waals surface area (Å²) >= 11 is 0. The van der Waals surface area contributed by atoms with Crippen molar-refractivity contribution in [2.45, 2.75) is 25.3 Å². The molecule has 0 spiro atoms. The first-order chi connectivity index (χ1) is 15.6. The number of aryl methyl sites for hydroxylation is 1. The third-order valence-electron chi connectivity index (χ3n) is 5.87. The number of hydrogen-bond donors (Lipinski definition) is 2. The van der Waals surface area contributed by atoms with Crippen molar-refractivity contribution in [1.82, 2.24) is 4.98 Å². The van der Waals surface area contributed by atoms with Gasteiger partial charge in [-0.1, -0.05) is 18.2 Å². The number of nitrogens with one attached hydrogen (secondary N) is 2. The highest BCUT2D eigenvalue weighted by Gasteiger charge is 2.29. The van der Waals surface area contributed by atoms with Crippen molar-refractivity contribution < 1.29 is 19.0 Å². The molecular formula is C25H25N3O4. The minimum Gasteiger partial charge on any atom is -0.493 e. The van der Waals surface area contributed by atoms with Gasteiger partial charge in [0.25, 0.3) is 0 Å². The smallest absolute Gasteiger partial charge is 0.306 e. The molecule has 2 aromatic carbocycles. The fraction of sp³-hybridized carbons (Fsp3) is 0.280. The van der Waals surface area contributed by atoms with Gasteiger partial charge in [-0.05, 0) is 36.8 Å². The molecule has 7 nitrogen and oxygen atoms in total. The molecule has 2 aliphatic rings. The second-order valence-corrected chi connectivity index (χ2v) is 8.12. The van der Waals surface area contributed by atoms with Gasteiger partial charge in [-0.15, -0.1) is 0 Å². The number of carbonyl (C=O) groups is 1. The predicted molar refractivity (Wildman–Crippen MR) is 122 cm³/mol. The molecule has 1 aromatic heterocycles. The van der Waals surface area contributed by atoms with Crippen LogP contribution in [0.2, 0.25) is 0 Å². The molecule has 2 N–H and O–H groups in total. The number of nitrogens with zero attached hydrogens (tertiary/aromatic N) is 1. The highest BCUT2D eigenvalue weighted by Crippen LogP contribution is 2.42. The lowest BCUT2D eigenvalue weighted by molar-refractivity contribution is -0.141. The van der Waals surface area contributed by atoms with Gasteiger partial charge in [-0.25, -0.2) is 4.98 Å². The zero-order valence-corrected chi connectivity index (χ0v) is 18.1. The third kappa shape index (κ3) is 3.93. The molecule has 5 rings (SSSR count). The maximum atomic E-state index is 11.6. The van der Waals surface area contributed by atoms with E-state index < -0.39 is 0 Å². The van der Waals surface area contributed by atoms with Gasteiger partial charge in [0.1, 0.15) is 23.9 Å². The molecule has 0 aliphatic carbocycles. The molecule has 0 unspecified atom stereocenters. The zero-order valence-electron chi connectivity index (χ0n) is 18.1. The first kappa shape index (κ1) is 20.2. The lowest BCUT2D eigenvalue weighted by Gasteiger charge is -2.15. The van der Waals surface area contributed by atoms with Crippen LogP contribution in [0.15, 0.2) is 54.7 Å². The van der Waals surface area contributed by atoms with Gasteiger partial charge in [0.05, 0.1) is 31.9 Å². The zero-order chi connectivity index (χ0) is 22.1. The largest absolute Gasteiger partial charge is 0.493 e. The Morgan fingerprint density at radius 2 is 2.03 bits per heavy atom. The van der Waals surface area contributed by atoms with Crippen LogP contribution in [0.3, 0.4) is 0 Å². The number of para-hydroxylation sites is 1. The van der Waals surface area contributed by atoms with Crippen molar-refractivity contribution in [3.05, 3.63) is 71.4 Å². The molecule has 0 fully saturated rings. The number of methoxy groups -OCH3 is 1. The Labute approximate surface area is 186 Å². The lowest BCUT2D eigenvalue weighted by Crippen LogP contribution is -2.12. The molecule has 32 heavy (non-hydrogen) atoms. The van der Waals surface area contributed by atoms with Crippen LogP contribution in [-0.4, -0.2) is 31.3 Å². The van der Waals surface area contributed by atoms with Crippen LogP contribution in [0.5, 0.6) is 11.5 Å². The Balaban J connectivity index is 1.32. The normalized spacial score (nSPS) is 18.2. The number of fused-ring (bicyclic) bond motifs is 2. The molecule has 7 heteroatoms. The summed E-state index contributed by atoms with van der Waals surface area (Å²) in [4.78, 5) is 16.0. The number of pyridine rings is 1. The minimum atomic E-state index is -0.223. The van der Waals surface area contributed by atoms with Gasteiger partial charge in [0, 0.05) is 35.0 Å². The summed E-state index contributed by atoms with van der Waals surface area (Å²) in [5.41, 5.74) is 5.12. The van der Waals surface area contributed by atoms with Crippen LogP contribution in [0, 0.1) is 6.92 Å². The number of rotatable bonds is 6. The first-order valence-corrected chi connectivity index (χ1v) is 10.7. The average Bonchev–Trinajstić information content (AvgIpc) is 3.38. The van der Waals surface area contributed by atoms with E-state index in [1.807, 2.05) is 49.4 Å². The number of ether oxygens (including phenoxy) is 3. The number of hydrogen-bond acceptors (Lipinski definition) is 7. The monoisotopic (exact) mass is 431 g/mol. The van der Waals surface area contributed by atoms with Crippen molar-refractivity contribution >= 4 is 23.2 Å². The maximum Gasteiger partial charge on any atom is 0.306 e. The summed E-state index contributed by atoms with van der Waals surface area (Å²) < 4.78 is 16.7. The highest BCUT2D eigenvalue weighted by atomic mass is 16.5. The summed E-state index contributed by atoms with van der Waals surface area (Å²) in [6.07, 6.45) is 2.11. The van der Waals surface area contributed by atoms with Crippen LogP contribution < -0.4 is 20.1 Å². The molecule has 3 heterocycles. The third-order valence-corrected chi connectivity index (χ3v) is 5.87. The summed E-state index contributed by atoms with van der Waals surface area (Å²) in [6.45, 7) is 3.06. The second-order valence-electron chi connectivity index (χ2n) is 8.12. The number of esters is 1. The molecule has 0 saturated carbocycles. The van der Waals surface area contributed by atoms with Crippen LogP contribution in [0.1, 0.15) is 35.1 Å². The van der Waals surface area contributed by atoms with Gasteiger partial charge in [-0.2, -0.15) is 0 Å². The maximum absolute atomic E-state index is 11.6. The predicted octanol–water partition coefficient (Wildman–Crippen LogP) is 4.72. The quantitative estimate of drug-likeness (QED) is 0.547. The number of benzene rings is 2. The van der Waals surface area contributed by atoms with Crippen molar-refractivity contribution in [3.63, 3.8) is 0 Å². The fourth-order valence-corrected chi connectivity index (χ4v) is 4.23. The minimum absolute atomic E-state index is 0.0162. The molecule has 2 aliphatic heterocycles. The van der Waals surface area contributed by atoms with E-state index >= 15 is 0 Å². The standard InChI is InChI=1S/C25H25N3O4/c1-15-8-9-26-23(10-15)28-20-5-3-4-19-21(14-32-25(19)20)27-17-6-7-18-16(11-24(29)30-2)13-31-22(18)12-17/h3-10,12,16,21,27H,11,13-14H2,1-2H3,(H,26,28)/t16-,21-/m1/s1. The molecule has 164 valence electrons.